The van der Waals surface area contributed by atoms with Crippen LogP contribution in [0.4, 0.5) is 4.39 Å². The van der Waals surface area contributed by atoms with Crippen LogP contribution in [-0.2, 0) is 4.79 Å². The van der Waals surface area contributed by atoms with Gasteiger partial charge in [-0.3, -0.25) is 4.79 Å². The van der Waals surface area contributed by atoms with Gasteiger partial charge in [-0.2, -0.15) is 0 Å². The van der Waals surface area contributed by atoms with Gasteiger partial charge < -0.3 is 9.84 Å². The van der Waals surface area contributed by atoms with Crippen molar-refractivity contribution in [2.24, 2.45) is 0 Å². The molecule has 0 aliphatic heterocycles. The number of alkyl halides is 1. The molecule has 16 heavy (non-hydrogen) atoms. The van der Waals surface area contributed by atoms with Gasteiger partial charge >= 0.3 is 5.97 Å². The average molecular weight is 291 g/mol. The molecule has 0 aromatic heterocycles. The third-order valence-corrected chi connectivity index (χ3v) is 2.40. The smallest absolute Gasteiger partial charge is 0.306 e. The van der Waals surface area contributed by atoms with Crippen molar-refractivity contribution in [1.29, 1.82) is 0 Å². The van der Waals surface area contributed by atoms with Crippen molar-refractivity contribution in [2.45, 2.75) is 19.0 Å². The molecule has 0 bridgehead atoms. The monoisotopic (exact) mass is 290 g/mol. The van der Waals surface area contributed by atoms with E-state index in [4.69, 9.17) is 9.84 Å². The van der Waals surface area contributed by atoms with E-state index in [2.05, 4.69) is 15.9 Å². The number of benzene rings is 1. The first-order chi connectivity index (χ1) is 7.39. The van der Waals surface area contributed by atoms with Crippen molar-refractivity contribution < 1.29 is 19.0 Å². The number of carbonyl (C=O) groups is 1. The number of rotatable bonds is 5. The van der Waals surface area contributed by atoms with E-state index in [1.807, 2.05) is 0 Å². The molecule has 5 heteroatoms. The number of ether oxygens (including phenoxy) is 1. The van der Waals surface area contributed by atoms with Gasteiger partial charge in [0.1, 0.15) is 12.4 Å². The summed E-state index contributed by atoms with van der Waals surface area (Å²) < 4.78 is 19.7. The fourth-order valence-corrected chi connectivity index (χ4v) is 1.40. The molecular weight excluding hydrogens is 279 g/mol. The zero-order valence-electron chi connectivity index (χ0n) is 8.74. The van der Waals surface area contributed by atoms with E-state index < -0.39 is 18.1 Å². The summed E-state index contributed by atoms with van der Waals surface area (Å²) in [6.07, 6.45) is -0.566. The molecule has 0 saturated heterocycles. The number of halogens is 2. The summed E-state index contributed by atoms with van der Waals surface area (Å²) in [5.74, 6) is -0.665. The molecule has 0 saturated carbocycles. The fourth-order valence-electron chi connectivity index (χ4n) is 1.13. The highest BCUT2D eigenvalue weighted by Gasteiger charge is 2.27. The lowest BCUT2D eigenvalue weighted by Crippen LogP contribution is -2.30. The Morgan fingerprint density at radius 3 is 2.56 bits per heavy atom. The molecule has 0 spiro atoms. The highest BCUT2D eigenvalue weighted by atomic mass is 79.9. The zero-order chi connectivity index (χ0) is 12.2. The van der Waals surface area contributed by atoms with Crippen LogP contribution < -0.4 is 4.74 Å². The van der Waals surface area contributed by atoms with Gasteiger partial charge in [-0.05, 0) is 31.2 Å². The summed E-state index contributed by atoms with van der Waals surface area (Å²) in [7, 11) is 0. The fraction of sp³-hybridized carbons (Fsp3) is 0.364. The molecule has 0 amide bonds. The van der Waals surface area contributed by atoms with Crippen LogP contribution in [0.25, 0.3) is 0 Å². The molecule has 88 valence electrons. The van der Waals surface area contributed by atoms with Gasteiger partial charge in [0.25, 0.3) is 0 Å². The van der Waals surface area contributed by atoms with Crippen molar-refractivity contribution in [3.8, 4) is 5.75 Å². The van der Waals surface area contributed by atoms with Crippen LogP contribution in [0.15, 0.2) is 28.7 Å². The molecule has 1 rings (SSSR count). The quantitative estimate of drug-likeness (QED) is 0.907. The number of hydrogen-bond donors (Lipinski definition) is 1. The third-order valence-electron chi connectivity index (χ3n) is 1.87. The SMILES string of the molecule is CC(F)(COc1ccc(Br)cc1)CC(=O)O. The largest absolute Gasteiger partial charge is 0.490 e. The second kappa shape index (κ2) is 5.30. The second-order valence-electron chi connectivity index (χ2n) is 3.73. The Balaban J connectivity index is 2.50. The first-order valence-electron chi connectivity index (χ1n) is 4.68. The van der Waals surface area contributed by atoms with Crippen LogP contribution in [0.1, 0.15) is 13.3 Å². The maximum Gasteiger partial charge on any atom is 0.306 e. The lowest BCUT2D eigenvalue weighted by atomic mass is 10.1. The normalized spacial score (nSPS) is 14.2. The Kier molecular flexibility index (Phi) is 4.29. The zero-order valence-corrected chi connectivity index (χ0v) is 10.3. The molecule has 1 N–H and O–H groups in total. The molecule has 1 aromatic rings. The number of aliphatic carboxylic acids is 1. The van der Waals surface area contributed by atoms with Gasteiger partial charge in [0.15, 0.2) is 5.67 Å². The highest BCUT2D eigenvalue weighted by molar-refractivity contribution is 9.10. The van der Waals surface area contributed by atoms with Gasteiger partial charge in [-0.25, -0.2) is 4.39 Å². The minimum absolute atomic E-state index is 0.277. The molecule has 0 heterocycles. The van der Waals surface area contributed by atoms with Gasteiger partial charge in [-0.1, -0.05) is 15.9 Å². The van der Waals surface area contributed by atoms with E-state index in [9.17, 15) is 9.18 Å². The molecular formula is C11H12BrFO3. The predicted molar refractivity (Wildman–Crippen MR) is 61.4 cm³/mol. The number of carboxylic acids is 1. The minimum atomic E-state index is -1.86. The summed E-state index contributed by atoms with van der Waals surface area (Å²) in [6.45, 7) is 0.931. The Bertz CT molecular complexity index is 362. The first-order valence-corrected chi connectivity index (χ1v) is 5.47. The standard InChI is InChI=1S/C11H12BrFO3/c1-11(13,6-10(14)15)7-16-9-4-2-8(12)3-5-9/h2-5H,6-7H2,1H3,(H,14,15). The average Bonchev–Trinajstić information content (AvgIpc) is 2.15. The van der Waals surface area contributed by atoms with Crippen LogP contribution in [0.3, 0.4) is 0 Å². The van der Waals surface area contributed by atoms with Crippen LogP contribution in [-0.4, -0.2) is 23.4 Å². The summed E-state index contributed by atoms with van der Waals surface area (Å²) in [4.78, 5) is 10.4. The van der Waals surface area contributed by atoms with E-state index in [0.717, 1.165) is 4.47 Å². The topological polar surface area (TPSA) is 46.5 Å². The Morgan fingerprint density at radius 2 is 2.06 bits per heavy atom. The van der Waals surface area contributed by atoms with Crippen molar-refractivity contribution in [1.82, 2.24) is 0 Å². The summed E-state index contributed by atoms with van der Waals surface area (Å²) in [5.41, 5.74) is -1.86. The first kappa shape index (κ1) is 13.0. The van der Waals surface area contributed by atoms with E-state index in [1.165, 1.54) is 6.92 Å². The van der Waals surface area contributed by atoms with E-state index in [1.54, 1.807) is 24.3 Å². The minimum Gasteiger partial charge on any atom is -0.490 e. The summed E-state index contributed by atoms with van der Waals surface area (Å²) in [6, 6.07) is 6.89. The van der Waals surface area contributed by atoms with Gasteiger partial charge in [0.05, 0.1) is 6.42 Å². The lowest BCUT2D eigenvalue weighted by Gasteiger charge is -2.18. The molecule has 0 aliphatic rings. The van der Waals surface area contributed by atoms with Gasteiger partial charge in [0, 0.05) is 4.47 Å². The van der Waals surface area contributed by atoms with Crippen LogP contribution in [0.2, 0.25) is 0 Å². The van der Waals surface area contributed by atoms with Crippen LogP contribution in [0.5, 0.6) is 5.75 Å². The van der Waals surface area contributed by atoms with Gasteiger partial charge in [-0.15, -0.1) is 0 Å². The predicted octanol–water partition coefficient (Wildman–Crippen LogP) is 3.03. The van der Waals surface area contributed by atoms with Crippen molar-refractivity contribution in [3.63, 3.8) is 0 Å². The number of hydrogen-bond acceptors (Lipinski definition) is 2. The van der Waals surface area contributed by atoms with E-state index >= 15 is 0 Å². The molecule has 0 aliphatic carbocycles. The third kappa shape index (κ3) is 4.61. The molecule has 0 radical (unpaired) electrons. The Labute approximate surface area is 101 Å². The maximum atomic E-state index is 13.6. The van der Waals surface area contributed by atoms with Crippen molar-refractivity contribution in [3.05, 3.63) is 28.7 Å². The lowest BCUT2D eigenvalue weighted by molar-refractivity contribution is -0.140. The Morgan fingerprint density at radius 1 is 1.50 bits per heavy atom. The molecule has 0 fully saturated rings. The Hall–Kier alpha value is -1.10. The van der Waals surface area contributed by atoms with Crippen molar-refractivity contribution >= 4 is 21.9 Å². The summed E-state index contributed by atoms with van der Waals surface area (Å²) >= 11 is 3.26. The molecule has 1 aromatic carbocycles. The van der Waals surface area contributed by atoms with Gasteiger partial charge in [0.2, 0.25) is 0 Å². The maximum absolute atomic E-state index is 13.6. The second-order valence-corrected chi connectivity index (χ2v) is 4.64. The summed E-state index contributed by atoms with van der Waals surface area (Å²) in [5, 5.41) is 8.48. The highest BCUT2D eigenvalue weighted by Crippen LogP contribution is 2.20. The van der Waals surface area contributed by atoms with Crippen molar-refractivity contribution in [2.75, 3.05) is 6.61 Å². The van der Waals surface area contributed by atoms with E-state index in [-0.39, 0.29) is 6.61 Å². The molecule has 1 unspecified atom stereocenters. The molecule has 3 nitrogen and oxygen atoms in total. The van der Waals surface area contributed by atoms with Crippen LogP contribution >= 0.6 is 15.9 Å². The molecule has 1 atom stereocenters. The van der Waals surface area contributed by atoms with Crippen LogP contribution in [0, 0.1) is 0 Å². The van der Waals surface area contributed by atoms with E-state index in [0.29, 0.717) is 5.75 Å². The number of carboxylic acid groups (broad SMARTS) is 1.